The lowest BCUT2D eigenvalue weighted by Crippen LogP contribution is -2.37. The lowest BCUT2D eigenvalue weighted by atomic mass is 10.3. The Hall–Kier alpha value is -2.32. The lowest BCUT2D eigenvalue weighted by Gasteiger charge is -2.03. The van der Waals surface area contributed by atoms with Crippen LogP contribution in [0.15, 0.2) is 30.9 Å². The van der Waals surface area contributed by atoms with Gasteiger partial charge in [0.2, 0.25) is 6.33 Å². The molecule has 0 aliphatic rings. The van der Waals surface area contributed by atoms with E-state index in [1.807, 2.05) is 23.3 Å². The zero-order chi connectivity index (χ0) is 18.8. The number of aromatic nitrogens is 2. The van der Waals surface area contributed by atoms with E-state index in [1.54, 1.807) is 6.92 Å². The number of nitrogens with zero attached hydrogens (tertiary/aromatic N) is 2. The Labute approximate surface area is 138 Å². The quantitative estimate of drug-likeness (QED) is 0.418. The molecule has 0 amide bonds. The van der Waals surface area contributed by atoms with E-state index >= 15 is 0 Å². The number of esters is 1. The number of halogens is 3. The third-order valence-electron chi connectivity index (χ3n) is 2.68. The van der Waals surface area contributed by atoms with Crippen molar-refractivity contribution in [2.45, 2.75) is 46.0 Å². The van der Waals surface area contributed by atoms with Crippen LogP contribution in [0, 0.1) is 0 Å². The predicted molar refractivity (Wildman–Crippen MR) is 76.4 cm³/mol. The highest BCUT2D eigenvalue weighted by Gasteiger charge is 2.28. The predicted octanol–water partition coefficient (Wildman–Crippen LogP) is 0.994. The van der Waals surface area contributed by atoms with Gasteiger partial charge in [-0.15, -0.1) is 0 Å². The van der Waals surface area contributed by atoms with Crippen LogP contribution in [0.3, 0.4) is 0 Å². The Bertz CT molecular complexity index is 553. The van der Waals surface area contributed by atoms with E-state index in [4.69, 9.17) is 14.6 Å². The van der Waals surface area contributed by atoms with E-state index < -0.39 is 12.1 Å². The Morgan fingerprint density at radius 3 is 2.42 bits per heavy atom. The Morgan fingerprint density at radius 2 is 1.96 bits per heavy atom. The average molecular weight is 350 g/mol. The number of alkyl halides is 3. The van der Waals surface area contributed by atoms with Crippen LogP contribution in [-0.2, 0) is 27.4 Å². The first-order valence-corrected chi connectivity index (χ1v) is 7.23. The zero-order valence-corrected chi connectivity index (χ0v) is 13.6. The summed E-state index contributed by atoms with van der Waals surface area (Å²) in [6.07, 6.45) is 3.23. The first-order valence-electron chi connectivity index (χ1n) is 7.23. The number of aliphatic carboxylic acids is 1. The molecule has 0 aromatic carbocycles. The van der Waals surface area contributed by atoms with Crippen molar-refractivity contribution < 1.29 is 37.2 Å². The van der Waals surface area contributed by atoms with Crippen LogP contribution in [0.4, 0.5) is 13.2 Å². The number of rotatable bonds is 7. The molecule has 1 aromatic heterocycles. The molecule has 0 saturated carbocycles. The van der Waals surface area contributed by atoms with Crippen molar-refractivity contribution in [1.29, 1.82) is 0 Å². The number of carboxylic acid groups (broad SMARTS) is 1. The Kier molecular flexibility index (Phi) is 9.44. The third kappa shape index (κ3) is 9.65. The number of carbonyl (C=O) groups excluding carboxylic acids is 2. The number of carboxylic acids is 1. The highest BCUT2D eigenvalue weighted by molar-refractivity contribution is 5.86. The topological polar surface area (TPSA) is 75.2 Å². The molecule has 0 N–H and O–H groups in total. The van der Waals surface area contributed by atoms with Crippen molar-refractivity contribution in [1.82, 2.24) is 4.57 Å². The molecule has 24 heavy (non-hydrogen) atoms. The molecule has 9 heteroatoms. The molecule has 1 heterocycles. The van der Waals surface area contributed by atoms with E-state index in [9.17, 15) is 18.0 Å². The molecule has 1 rings (SSSR count). The molecule has 0 spiro atoms. The van der Waals surface area contributed by atoms with Crippen LogP contribution < -0.4 is 9.67 Å². The number of aryl methyl sites for hydroxylation is 1. The van der Waals surface area contributed by atoms with Crippen LogP contribution in [0.25, 0.3) is 0 Å². The summed E-state index contributed by atoms with van der Waals surface area (Å²) in [5.74, 6) is -3.33. The number of hydrogen-bond donors (Lipinski definition) is 0. The van der Waals surface area contributed by atoms with Gasteiger partial charge in [-0.05, 0) is 13.3 Å². The van der Waals surface area contributed by atoms with E-state index in [-0.39, 0.29) is 5.97 Å². The summed E-state index contributed by atoms with van der Waals surface area (Å²) in [6.45, 7) is 9.46. The summed E-state index contributed by atoms with van der Waals surface area (Å²) in [7, 11) is 0. The summed E-state index contributed by atoms with van der Waals surface area (Å²) in [4.78, 5) is 19.9. The van der Waals surface area contributed by atoms with Gasteiger partial charge in [-0.2, -0.15) is 13.2 Å². The van der Waals surface area contributed by atoms with Crippen molar-refractivity contribution in [3.63, 3.8) is 0 Å². The highest BCUT2D eigenvalue weighted by Crippen LogP contribution is 2.11. The average Bonchev–Trinajstić information content (AvgIpc) is 2.92. The number of hydrogen-bond acceptors (Lipinski definition) is 4. The normalized spacial score (nSPS) is 10.5. The smallest absolute Gasteiger partial charge is 0.430 e. The van der Waals surface area contributed by atoms with Crippen LogP contribution >= 0.6 is 0 Å². The van der Waals surface area contributed by atoms with Gasteiger partial charge in [0.05, 0.1) is 6.54 Å². The van der Waals surface area contributed by atoms with Gasteiger partial charge in [-0.1, -0.05) is 19.9 Å². The minimum absolute atomic E-state index is 0.323. The van der Waals surface area contributed by atoms with Crippen molar-refractivity contribution >= 4 is 11.9 Å². The zero-order valence-electron chi connectivity index (χ0n) is 13.6. The number of carbonyl (C=O) groups is 2. The summed E-state index contributed by atoms with van der Waals surface area (Å²) in [5, 5.41) is 8.78. The van der Waals surface area contributed by atoms with Gasteiger partial charge in [0.25, 0.3) is 0 Å². The molecule has 0 aliphatic carbocycles. The second kappa shape index (κ2) is 10.5. The summed E-state index contributed by atoms with van der Waals surface area (Å²) >= 11 is 0. The van der Waals surface area contributed by atoms with Crippen molar-refractivity contribution in [2.75, 3.05) is 6.61 Å². The monoisotopic (exact) mass is 350 g/mol. The molecule has 0 radical (unpaired) electrons. The van der Waals surface area contributed by atoms with Crippen LogP contribution in [0.5, 0.6) is 0 Å². The summed E-state index contributed by atoms with van der Waals surface area (Å²) in [5.41, 5.74) is 0.440. The molecule has 0 fully saturated rings. The Balaban J connectivity index is 0.000000640. The maximum atomic E-state index is 11.1. The number of ether oxygens (including phenoxy) is 1. The van der Waals surface area contributed by atoms with Gasteiger partial charge in [0, 0.05) is 5.57 Å². The lowest BCUT2D eigenvalue weighted by molar-refractivity contribution is -0.696. The largest absolute Gasteiger partial charge is 0.542 e. The summed E-state index contributed by atoms with van der Waals surface area (Å²) < 4.78 is 40.7. The molecular formula is C15H21F3N2O4. The van der Waals surface area contributed by atoms with Crippen LogP contribution in [0.2, 0.25) is 0 Å². The third-order valence-corrected chi connectivity index (χ3v) is 2.68. The molecule has 1 aromatic rings. The molecule has 0 unspecified atom stereocenters. The summed E-state index contributed by atoms with van der Waals surface area (Å²) in [6, 6.07) is 0. The van der Waals surface area contributed by atoms with Gasteiger partial charge >= 0.3 is 12.1 Å². The number of unbranched alkanes of at least 4 members (excludes halogenated alkanes) is 1. The number of imidazole rings is 1. The van der Waals surface area contributed by atoms with Gasteiger partial charge < -0.3 is 14.6 Å². The van der Waals surface area contributed by atoms with Crippen LogP contribution in [0.1, 0.15) is 26.7 Å². The van der Waals surface area contributed by atoms with Gasteiger partial charge in [-0.25, -0.2) is 13.9 Å². The molecule has 0 saturated heterocycles. The van der Waals surface area contributed by atoms with Crippen molar-refractivity contribution in [3.05, 3.63) is 30.9 Å². The van der Waals surface area contributed by atoms with Crippen molar-refractivity contribution in [3.8, 4) is 0 Å². The van der Waals surface area contributed by atoms with Gasteiger partial charge in [0.1, 0.15) is 31.5 Å². The van der Waals surface area contributed by atoms with E-state index in [1.165, 1.54) is 12.8 Å². The maximum Gasteiger partial charge on any atom is 0.430 e. The minimum atomic E-state index is -5.19. The Morgan fingerprint density at radius 1 is 1.38 bits per heavy atom. The van der Waals surface area contributed by atoms with Crippen LogP contribution in [-0.4, -0.2) is 29.3 Å². The molecule has 0 aliphatic heterocycles. The molecule has 136 valence electrons. The van der Waals surface area contributed by atoms with E-state index in [0.29, 0.717) is 18.7 Å². The fraction of sp³-hybridized carbons (Fsp3) is 0.533. The SMILES string of the molecule is C=C(C)C(=O)OCCn1cc[n+](CCCC)c1.O=C([O-])C(F)(F)F. The van der Waals surface area contributed by atoms with Gasteiger partial charge in [-0.3, -0.25) is 0 Å². The fourth-order valence-electron chi connectivity index (χ4n) is 1.41. The second-order valence-corrected chi connectivity index (χ2v) is 4.94. The van der Waals surface area contributed by atoms with Gasteiger partial charge in [0.15, 0.2) is 0 Å². The van der Waals surface area contributed by atoms with E-state index in [2.05, 4.69) is 18.1 Å². The van der Waals surface area contributed by atoms with E-state index in [0.717, 1.165) is 6.54 Å². The highest BCUT2D eigenvalue weighted by atomic mass is 19.4. The first-order chi connectivity index (χ1) is 11.1. The molecule has 0 bridgehead atoms. The molecule has 6 nitrogen and oxygen atoms in total. The molecular weight excluding hydrogens is 329 g/mol. The molecule has 0 atom stereocenters. The maximum absolute atomic E-state index is 11.1. The van der Waals surface area contributed by atoms with Crippen molar-refractivity contribution in [2.24, 2.45) is 0 Å². The minimum Gasteiger partial charge on any atom is -0.542 e. The second-order valence-electron chi connectivity index (χ2n) is 4.94. The fourth-order valence-corrected chi connectivity index (χ4v) is 1.41. The standard InChI is InChI=1S/C13H21N2O2.C2HF3O2/c1-4-5-6-14-7-8-15(11-14)9-10-17-13(16)12(2)3;3-2(4,5)1(6)7/h7-8,11H,2,4-6,9-10H2,1,3H3;(H,6,7)/q+1;/p-1. The first kappa shape index (κ1) is 21.7.